The Hall–Kier alpha value is -2.82. The van der Waals surface area contributed by atoms with Crippen LogP contribution in [0.3, 0.4) is 0 Å². The standard InChI is InChI=1S/C22H20ClN3O3S/c1-13-3-5-15(8-18(13)23)25-11-26-21(28)9-16(17(10-24)22(26)30-12-25)14-4-6-19(27)20(7-14)29-2/h3-8,16,27H,9,11-12H2,1-2H3/t16-/m0/s1. The Bertz CT molecular complexity index is 1100. The van der Waals surface area contributed by atoms with Crippen molar-refractivity contribution < 1.29 is 14.6 Å². The quantitative estimate of drug-likeness (QED) is 0.751. The summed E-state index contributed by atoms with van der Waals surface area (Å²) in [4.78, 5) is 16.8. The number of halogens is 1. The number of aryl methyl sites for hydroxylation is 1. The van der Waals surface area contributed by atoms with Crippen molar-refractivity contribution in [3.63, 3.8) is 0 Å². The summed E-state index contributed by atoms with van der Waals surface area (Å²) >= 11 is 7.75. The summed E-state index contributed by atoms with van der Waals surface area (Å²) in [5.74, 6) is 0.543. The molecule has 2 heterocycles. The third kappa shape index (κ3) is 3.57. The Morgan fingerprint density at radius 2 is 2.10 bits per heavy atom. The predicted octanol–water partition coefficient (Wildman–Crippen LogP) is 4.58. The predicted molar refractivity (Wildman–Crippen MR) is 117 cm³/mol. The van der Waals surface area contributed by atoms with Crippen molar-refractivity contribution in [3.05, 3.63) is 63.1 Å². The van der Waals surface area contributed by atoms with E-state index in [1.807, 2.05) is 25.1 Å². The normalized spacial score (nSPS) is 18.9. The molecular weight excluding hydrogens is 422 g/mol. The number of allylic oxidation sites excluding steroid dienone is 1. The van der Waals surface area contributed by atoms with Crippen molar-refractivity contribution in [1.29, 1.82) is 5.26 Å². The number of nitrogens with zero attached hydrogens (tertiary/aromatic N) is 3. The van der Waals surface area contributed by atoms with Gasteiger partial charge in [0.1, 0.15) is 0 Å². The van der Waals surface area contributed by atoms with E-state index in [2.05, 4.69) is 11.0 Å². The minimum atomic E-state index is -0.365. The first-order chi connectivity index (χ1) is 14.4. The summed E-state index contributed by atoms with van der Waals surface area (Å²) in [7, 11) is 1.47. The van der Waals surface area contributed by atoms with E-state index in [9.17, 15) is 15.2 Å². The van der Waals surface area contributed by atoms with Gasteiger partial charge in [-0.15, -0.1) is 0 Å². The topological polar surface area (TPSA) is 76.8 Å². The number of hydrogen-bond acceptors (Lipinski definition) is 6. The Morgan fingerprint density at radius 1 is 1.30 bits per heavy atom. The van der Waals surface area contributed by atoms with Gasteiger partial charge in [0.2, 0.25) is 5.91 Å². The molecule has 1 fully saturated rings. The summed E-state index contributed by atoms with van der Waals surface area (Å²) in [5, 5.41) is 21.2. The summed E-state index contributed by atoms with van der Waals surface area (Å²) in [6, 6.07) is 13.1. The molecule has 2 aromatic rings. The molecule has 0 unspecified atom stereocenters. The van der Waals surface area contributed by atoms with Crippen LogP contribution in [-0.2, 0) is 4.79 Å². The fourth-order valence-electron chi connectivity index (χ4n) is 3.70. The van der Waals surface area contributed by atoms with Gasteiger partial charge in [-0.2, -0.15) is 5.26 Å². The van der Waals surface area contributed by atoms with E-state index in [-0.39, 0.29) is 24.0 Å². The molecule has 0 saturated carbocycles. The third-order valence-corrected chi connectivity index (χ3v) is 6.98. The maximum Gasteiger partial charge on any atom is 0.229 e. The largest absolute Gasteiger partial charge is 0.504 e. The molecule has 0 aliphatic carbocycles. The van der Waals surface area contributed by atoms with Gasteiger partial charge in [0.25, 0.3) is 0 Å². The van der Waals surface area contributed by atoms with Crippen molar-refractivity contribution in [2.24, 2.45) is 0 Å². The Morgan fingerprint density at radius 3 is 2.80 bits per heavy atom. The number of phenols is 1. The van der Waals surface area contributed by atoms with Gasteiger partial charge in [-0.25, -0.2) is 0 Å². The van der Waals surface area contributed by atoms with Crippen LogP contribution in [0.25, 0.3) is 0 Å². The number of ether oxygens (including phenoxy) is 1. The third-order valence-electron chi connectivity index (χ3n) is 5.42. The number of amides is 1. The molecule has 2 aliphatic rings. The second-order valence-corrected chi connectivity index (χ2v) is 8.57. The lowest BCUT2D eigenvalue weighted by Crippen LogP contribution is -2.47. The molecule has 8 heteroatoms. The van der Waals surface area contributed by atoms with E-state index in [4.69, 9.17) is 16.3 Å². The molecule has 30 heavy (non-hydrogen) atoms. The highest BCUT2D eigenvalue weighted by atomic mass is 35.5. The van der Waals surface area contributed by atoms with Gasteiger partial charge < -0.3 is 14.7 Å². The van der Waals surface area contributed by atoms with Crippen LogP contribution in [0, 0.1) is 18.3 Å². The highest BCUT2D eigenvalue weighted by molar-refractivity contribution is 8.03. The smallest absolute Gasteiger partial charge is 0.229 e. The molecule has 0 aromatic heterocycles. The molecule has 0 radical (unpaired) electrons. The Balaban J connectivity index is 1.67. The number of benzene rings is 2. The molecule has 1 atom stereocenters. The number of rotatable bonds is 3. The van der Waals surface area contributed by atoms with Crippen LogP contribution < -0.4 is 9.64 Å². The molecule has 2 aliphatic heterocycles. The van der Waals surface area contributed by atoms with E-state index >= 15 is 0 Å². The van der Waals surface area contributed by atoms with E-state index in [1.54, 1.807) is 17.0 Å². The van der Waals surface area contributed by atoms with Gasteiger partial charge in [0, 0.05) is 23.0 Å². The highest BCUT2D eigenvalue weighted by Crippen LogP contribution is 2.44. The van der Waals surface area contributed by atoms with Crippen LogP contribution in [-0.4, -0.2) is 35.6 Å². The average molecular weight is 442 g/mol. The van der Waals surface area contributed by atoms with Gasteiger partial charge in [-0.05, 0) is 42.3 Å². The first-order valence-electron chi connectivity index (χ1n) is 9.38. The van der Waals surface area contributed by atoms with Crippen LogP contribution in [0.2, 0.25) is 5.02 Å². The van der Waals surface area contributed by atoms with Crippen LogP contribution in [0.4, 0.5) is 5.69 Å². The summed E-state index contributed by atoms with van der Waals surface area (Å²) in [5.41, 5.74) is 3.27. The minimum Gasteiger partial charge on any atom is -0.504 e. The number of carbonyl (C=O) groups excluding carboxylic acids is 1. The van der Waals surface area contributed by atoms with Gasteiger partial charge in [-0.1, -0.05) is 35.5 Å². The Kier molecular flexibility index (Phi) is 5.54. The highest BCUT2D eigenvalue weighted by Gasteiger charge is 2.38. The molecule has 0 spiro atoms. The van der Waals surface area contributed by atoms with Gasteiger partial charge in [0.15, 0.2) is 11.5 Å². The average Bonchev–Trinajstić information content (AvgIpc) is 2.75. The molecule has 1 saturated heterocycles. The maximum atomic E-state index is 13.0. The van der Waals surface area contributed by atoms with Crippen LogP contribution in [0.5, 0.6) is 11.5 Å². The monoisotopic (exact) mass is 441 g/mol. The van der Waals surface area contributed by atoms with Crippen molar-refractivity contribution in [2.45, 2.75) is 19.3 Å². The van der Waals surface area contributed by atoms with Gasteiger partial charge in [-0.3, -0.25) is 9.69 Å². The number of anilines is 1. The Labute approximate surface area is 184 Å². The lowest BCUT2D eigenvalue weighted by molar-refractivity contribution is -0.129. The number of carbonyl (C=O) groups is 1. The lowest BCUT2D eigenvalue weighted by Gasteiger charge is -2.42. The summed E-state index contributed by atoms with van der Waals surface area (Å²) in [6.07, 6.45) is 0.184. The van der Waals surface area contributed by atoms with Crippen molar-refractivity contribution in [3.8, 4) is 17.6 Å². The molecule has 1 amide bonds. The molecule has 0 bridgehead atoms. The first kappa shape index (κ1) is 20.5. The molecular formula is C22H20ClN3O3S. The van der Waals surface area contributed by atoms with Crippen molar-refractivity contribution >= 4 is 35.0 Å². The second-order valence-electron chi connectivity index (χ2n) is 7.23. The zero-order valence-electron chi connectivity index (χ0n) is 16.6. The van der Waals surface area contributed by atoms with E-state index in [1.165, 1.54) is 24.9 Å². The van der Waals surface area contributed by atoms with Crippen molar-refractivity contribution in [2.75, 3.05) is 24.6 Å². The zero-order chi connectivity index (χ0) is 21.4. The molecule has 6 nitrogen and oxygen atoms in total. The molecule has 2 aromatic carbocycles. The van der Waals surface area contributed by atoms with Crippen LogP contribution in [0.1, 0.15) is 23.5 Å². The SMILES string of the molecule is COc1cc([C@@H]2CC(=O)N3CN(c4ccc(C)c(Cl)c4)CSC3=C2C#N)ccc1O. The van der Waals surface area contributed by atoms with E-state index in [0.29, 0.717) is 33.9 Å². The van der Waals surface area contributed by atoms with Crippen LogP contribution in [0.15, 0.2) is 47.0 Å². The summed E-state index contributed by atoms with van der Waals surface area (Å²) < 4.78 is 5.19. The summed E-state index contributed by atoms with van der Waals surface area (Å²) in [6.45, 7) is 2.32. The van der Waals surface area contributed by atoms with Gasteiger partial charge >= 0.3 is 0 Å². The zero-order valence-corrected chi connectivity index (χ0v) is 18.1. The van der Waals surface area contributed by atoms with E-state index < -0.39 is 0 Å². The molecule has 1 N–H and O–H groups in total. The second kappa shape index (κ2) is 8.13. The van der Waals surface area contributed by atoms with Crippen molar-refractivity contribution in [1.82, 2.24) is 4.90 Å². The minimum absolute atomic E-state index is 0.0237. The number of aromatic hydroxyl groups is 1. The number of fused-ring (bicyclic) bond motifs is 1. The number of hydrogen-bond donors (Lipinski definition) is 1. The van der Waals surface area contributed by atoms with E-state index in [0.717, 1.165) is 16.8 Å². The first-order valence-corrected chi connectivity index (χ1v) is 10.7. The number of methoxy groups -OCH3 is 1. The molecule has 154 valence electrons. The fraction of sp³-hybridized carbons (Fsp3) is 0.273. The lowest BCUT2D eigenvalue weighted by atomic mass is 9.86. The fourth-order valence-corrected chi connectivity index (χ4v) is 5.04. The number of nitriles is 1. The number of thioether (sulfide) groups is 1. The number of phenolic OH excluding ortho intramolecular Hbond substituents is 1. The maximum absolute atomic E-state index is 13.0. The van der Waals surface area contributed by atoms with Gasteiger partial charge in [0.05, 0.1) is 36.3 Å². The van der Waals surface area contributed by atoms with Crippen LogP contribution >= 0.6 is 23.4 Å². The molecule has 4 rings (SSSR count).